The number of piperidine rings is 1. The molecular weight excluding hydrogens is 333 g/mol. The van der Waals surface area contributed by atoms with Crippen LogP contribution in [-0.4, -0.2) is 44.0 Å². The molecule has 0 saturated carbocycles. The molecule has 1 saturated heterocycles. The minimum absolute atomic E-state index is 0.0546. The van der Waals surface area contributed by atoms with Crippen LogP contribution in [0.2, 0.25) is 4.82 Å². The van der Waals surface area contributed by atoms with Crippen LogP contribution in [0.3, 0.4) is 0 Å². The van der Waals surface area contributed by atoms with Crippen molar-refractivity contribution in [2.24, 2.45) is 0 Å². The van der Waals surface area contributed by atoms with Gasteiger partial charge in [-0.3, -0.25) is 0 Å². The van der Waals surface area contributed by atoms with Gasteiger partial charge in [-0.25, -0.2) is 0 Å². The van der Waals surface area contributed by atoms with Crippen LogP contribution < -0.4 is 4.46 Å². The van der Waals surface area contributed by atoms with Crippen LogP contribution in [0, 0.1) is 0 Å². The van der Waals surface area contributed by atoms with E-state index in [4.69, 9.17) is 4.74 Å². The van der Waals surface area contributed by atoms with E-state index in [1.807, 2.05) is 51.1 Å². The predicted octanol–water partition coefficient (Wildman–Crippen LogP) is 2.36. The number of rotatable bonds is 2. The number of ether oxygens (including phenoxy) is 1. The van der Waals surface area contributed by atoms with E-state index >= 15 is 0 Å². The van der Waals surface area contributed by atoms with E-state index in [0.717, 1.165) is 12.8 Å². The molecule has 1 aliphatic rings. The fourth-order valence-corrected chi connectivity index (χ4v) is 4.54. The van der Waals surface area contributed by atoms with Crippen molar-refractivity contribution in [3.8, 4) is 0 Å². The summed E-state index contributed by atoms with van der Waals surface area (Å²) in [6.07, 6.45) is 1.19. The fraction of sp³-hybridized carbons (Fsp3) is 0.500. The van der Waals surface area contributed by atoms with Crippen molar-refractivity contribution in [2.75, 3.05) is 6.54 Å². The SMILES string of the molecule is CC(C)(C)OC(=O)N1CCCC([Se]c2ccccc2)C1=O. The Morgan fingerprint density at radius 3 is 2.57 bits per heavy atom. The van der Waals surface area contributed by atoms with Crippen LogP contribution in [0.25, 0.3) is 0 Å². The van der Waals surface area contributed by atoms with Crippen molar-refractivity contribution in [1.29, 1.82) is 0 Å². The molecule has 1 unspecified atom stereocenters. The quantitative estimate of drug-likeness (QED) is 0.766. The maximum absolute atomic E-state index is 12.5. The third-order valence-electron chi connectivity index (χ3n) is 3.02. The second kappa shape index (κ2) is 6.63. The summed E-state index contributed by atoms with van der Waals surface area (Å²) in [4.78, 5) is 25.8. The molecule has 1 fully saturated rings. The van der Waals surface area contributed by atoms with Crippen LogP contribution in [0.15, 0.2) is 30.3 Å². The van der Waals surface area contributed by atoms with Gasteiger partial charge in [-0.2, -0.15) is 0 Å². The van der Waals surface area contributed by atoms with Crippen molar-refractivity contribution in [3.63, 3.8) is 0 Å². The van der Waals surface area contributed by atoms with E-state index in [-0.39, 0.29) is 25.7 Å². The summed E-state index contributed by atoms with van der Waals surface area (Å²) >= 11 is 0.0546. The molecule has 1 heterocycles. The molecule has 1 aromatic rings. The van der Waals surface area contributed by atoms with Gasteiger partial charge in [0.2, 0.25) is 0 Å². The number of hydrogen-bond donors (Lipinski definition) is 0. The molecule has 0 N–H and O–H groups in total. The fourth-order valence-electron chi connectivity index (χ4n) is 2.11. The third-order valence-corrected chi connectivity index (χ3v) is 5.68. The van der Waals surface area contributed by atoms with E-state index in [1.165, 1.54) is 9.36 Å². The number of nitrogens with zero attached hydrogens (tertiary/aromatic N) is 1. The molecule has 1 aromatic carbocycles. The molecule has 1 atom stereocenters. The number of carbonyl (C=O) groups excluding carboxylic acids is 2. The summed E-state index contributed by atoms with van der Waals surface area (Å²) in [7, 11) is 0. The molecule has 0 aromatic heterocycles. The second-order valence-electron chi connectivity index (χ2n) is 6.03. The molecule has 1 aliphatic heterocycles. The second-order valence-corrected chi connectivity index (χ2v) is 8.71. The number of likely N-dealkylation sites (tertiary alicyclic amines) is 1. The van der Waals surface area contributed by atoms with Gasteiger partial charge in [0, 0.05) is 0 Å². The third kappa shape index (κ3) is 4.58. The Morgan fingerprint density at radius 2 is 1.95 bits per heavy atom. The molecule has 4 nitrogen and oxygen atoms in total. The first-order chi connectivity index (χ1) is 9.87. The Bertz CT molecular complexity index is 510. The van der Waals surface area contributed by atoms with Crippen LogP contribution in [0.1, 0.15) is 33.6 Å². The summed E-state index contributed by atoms with van der Waals surface area (Å²) in [6.45, 7) is 5.90. The van der Waals surface area contributed by atoms with Gasteiger partial charge in [0.25, 0.3) is 0 Å². The van der Waals surface area contributed by atoms with Crippen LogP contribution in [0.5, 0.6) is 0 Å². The van der Waals surface area contributed by atoms with Crippen molar-refractivity contribution in [3.05, 3.63) is 30.3 Å². The summed E-state index contributed by atoms with van der Waals surface area (Å²) in [6, 6.07) is 10.0. The van der Waals surface area contributed by atoms with Gasteiger partial charge >= 0.3 is 132 Å². The van der Waals surface area contributed by atoms with Gasteiger partial charge < -0.3 is 0 Å². The standard InChI is InChI=1S/C16H21NO3Se/c1-16(2,3)20-15(19)17-11-7-10-13(14(17)18)21-12-8-5-4-6-9-12/h4-6,8-9,13H,7,10-11H2,1-3H3. The monoisotopic (exact) mass is 355 g/mol. The molecule has 2 rings (SSSR count). The molecule has 2 amide bonds. The summed E-state index contributed by atoms with van der Waals surface area (Å²) in [5.74, 6) is -0.0839. The van der Waals surface area contributed by atoms with Crippen molar-refractivity contribution >= 4 is 31.4 Å². The van der Waals surface area contributed by atoms with Gasteiger partial charge in [-0.15, -0.1) is 0 Å². The molecule has 0 radical (unpaired) electrons. The number of amides is 2. The molecule has 5 heteroatoms. The maximum atomic E-state index is 12.5. The summed E-state index contributed by atoms with van der Waals surface area (Å²) < 4.78 is 6.51. The Balaban J connectivity index is 2.03. The van der Waals surface area contributed by atoms with Gasteiger partial charge in [-0.1, -0.05) is 0 Å². The average Bonchev–Trinajstić information content (AvgIpc) is 2.40. The molecule has 0 aliphatic carbocycles. The van der Waals surface area contributed by atoms with Gasteiger partial charge in [-0.05, 0) is 0 Å². The van der Waals surface area contributed by atoms with Crippen LogP contribution >= 0.6 is 0 Å². The molecule has 0 spiro atoms. The van der Waals surface area contributed by atoms with E-state index in [9.17, 15) is 9.59 Å². The van der Waals surface area contributed by atoms with Crippen molar-refractivity contribution in [1.82, 2.24) is 4.90 Å². The topological polar surface area (TPSA) is 46.6 Å². The van der Waals surface area contributed by atoms with E-state index in [2.05, 4.69) is 0 Å². The zero-order valence-electron chi connectivity index (χ0n) is 12.7. The zero-order valence-corrected chi connectivity index (χ0v) is 14.4. The number of benzene rings is 1. The number of imide groups is 1. The van der Waals surface area contributed by atoms with Crippen LogP contribution in [0.4, 0.5) is 4.79 Å². The predicted molar refractivity (Wildman–Crippen MR) is 82.8 cm³/mol. The van der Waals surface area contributed by atoms with Crippen molar-refractivity contribution < 1.29 is 14.3 Å². The van der Waals surface area contributed by atoms with Gasteiger partial charge in [0.05, 0.1) is 0 Å². The number of hydrogen-bond acceptors (Lipinski definition) is 3. The molecule has 21 heavy (non-hydrogen) atoms. The Hall–Kier alpha value is -1.32. The summed E-state index contributed by atoms with van der Waals surface area (Å²) in [5, 5.41) is 0. The zero-order chi connectivity index (χ0) is 15.5. The normalized spacial score (nSPS) is 19.5. The van der Waals surface area contributed by atoms with E-state index in [1.54, 1.807) is 0 Å². The Labute approximate surface area is 132 Å². The average molecular weight is 354 g/mol. The van der Waals surface area contributed by atoms with Gasteiger partial charge in [0.15, 0.2) is 0 Å². The molecule has 0 bridgehead atoms. The first-order valence-electron chi connectivity index (χ1n) is 7.13. The first kappa shape index (κ1) is 16.1. The van der Waals surface area contributed by atoms with Gasteiger partial charge in [0.1, 0.15) is 0 Å². The van der Waals surface area contributed by atoms with E-state index < -0.39 is 11.7 Å². The Kier molecular flexibility index (Phi) is 5.07. The van der Waals surface area contributed by atoms with Crippen molar-refractivity contribution in [2.45, 2.75) is 44.0 Å². The molecule has 114 valence electrons. The summed E-state index contributed by atoms with van der Waals surface area (Å²) in [5.41, 5.74) is -0.575. The number of carbonyl (C=O) groups is 2. The Morgan fingerprint density at radius 1 is 1.29 bits per heavy atom. The van der Waals surface area contributed by atoms with Crippen LogP contribution in [-0.2, 0) is 9.53 Å². The van der Waals surface area contributed by atoms with E-state index in [0.29, 0.717) is 6.54 Å². The molecular formula is C16H21NO3Se. The first-order valence-corrected chi connectivity index (χ1v) is 8.97. The minimum atomic E-state index is -0.575.